The predicted octanol–water partition coefficient (Wildman–Crippen LogP) is 2.89. The van der Waals surface area contributed by atoms with Crippen LogP contribution in [0.4, 0.5) is 0 Å². The number of benzene rings is 2. The van der Waals surface area contributed by atoms with Gasteiger partial charge in [-0.3, -0.25) is 4.57 Å². The van der Waals surface area contributed by atoms with Crippen molar-refractivity contribution in [3.8, 4) is 5.69 Å². The van der Waals surface area contributed by atoms with Crippen LogP contribution in [0, 0.1) is 0 Å². The predicted molar refractivity (Wildman–Crippen MR) is 78.2 cm³/mol. The summed E-state index contributed by atoms with van der Waals surface area (Å²) in [6.07, 6.45) is 0. The standard InChI is InChI=1S/C13H11N3S.ClH/c14-15-13-16(10-6-2-1-3-7-10)11-8-4-5-9-12(11)17-13;/h1-9H,14H2;1H. The molecule has 2 N–H and O–H groups in total. The van der Waals surface area contributed by atoms with Crippen molar-refractivity contribution in [3.63, 3.8) is 0 Å². The van der Waals surface area contributed by atoms with E-state index >= 15 is 0 Å². The maximum Gasteiger partial charge on any atom is 0.213 e. The zero-order chi connectivity index (χ0) is 11.7. The Hall–Kier alpha value is -1.78. The van der Waals surface area contributed by atoms with Crippen LogP contribution in [-0.4, -0.2) is 4.57 Å². The highest BCUT2D eigenvalue weighted by Crippen LogP contribution is 2.20. The van der Waals surface area contributed by atoms with E-state index in [1.54, 1.807) is 11.3 Å². The molecule has 2 aromatic carbocycles. The molecule has 0 aliphatic rings. The van der Waals surface area contributed by atoms with Crippen molar-refractivity contribution in [1.82, 2.24) is 4.57 Å². The monoisotopic (exact) mass is 277 g/mol. The topological polar surface area (TPSA) is 43.3 Å². The molecule has 0 unspecified atom stereocenters. The largest absolute Gasteiger partial charge is 0.320 e. The number of hydrogen-bond acceptors (Lipinski definition) is 3. The first kappa shape index (κ1) is 12.7. The van der Waals surface area contributed by atoms with Gasteiger partial charge in [-0.05, 0) is 24.3 Å². The normalized spacial score (nSPS) is 11.4. The highest BCUT2D eigenvalue weighted by molar-refractivity contribution is 7.16. The molecule has 0 fully saturated rings. The molecule has 0 radical (unpaired) electrons. The molecule has 0 saturated heterocycles. The molecule has 0 amide bonds. The van der Waals surface area contributed by atoms with E-state index < -0.39 is 0 Å². The third-order valence-corrected chi connectivity index (χ3v) is 3.66. The number of para-hydroxylation sites is 2. The quantitative estimate of drug-likeness (QED) is 0.539. The van der Waals surface area contributed by atoms with Gasteiger partial charge in [-0.15, -0.1) is 12.4 Å². The van der Waals surface area contributed by atoms with E-state index in [1.165, 1.54) is 4.70 Å². The molecule has 3 aromatic rings. The summed E-state index contributed by atoms with van der Waals surface area (Å²) in [4.78, 5) is 0.803. The molecule has 1 aromatic heterocycles. The van der Waals surface area contributed by atoms with Crippen molar-refractivity contribution in [2.45, 2.75) is 0 Å². The SMILES string of the molecule is Cl.NN=c1sc2ccccc2n1-c1ccccc1. The van der Waals surface area contributed by atoms with Gasteiger partial charge in [-0.1, -0.05) is 41.7 Å². The summed E-state index contributed by atoms with van der Waals surface area (Å²) in [5.74, 6) is 5.47. The number of rotatable bonds is 1. The molecular formula is C13H12ClN3S. The van der Waals surface area contributed by atoms with Gasteiger partial charge in [0.2, 0.25) is 4.80 Å². The minimum Gasteiger partial charge on any atom is -0.320 e. The van der Waals surface area contributed by atoms with E-state index in [0.717, 1.165) is 16.0 Å². The fraction of sp³-hybridized carbons (Fsp3) is 0. The van der Waals surface area contributed by atoms with Crippen molar-refractivity contribution in [2.75, 3.05) is 0 Å². The first-order valence-corrected chi connectivity index (χ1v) is 6.12. The van der Waals surface area contributed by atoms with Crippen LogP contribution >= 0.6 is 23.7 Å². The maximum absolute atomic E-state index is 5.47. The minimum absolute atomic E-state index is 0. The summed E-state index contributed by atoms with van der Waals surface area (Å²) >= 11 is 1.59. The second-order valence-electron chi connectivity index (χ2n) is 3.65. The lowest BCUT2D eigenvalue weighted by atomic mass is 10.3. The van der Waals surface area contributed by atoms with E-state index in [4.69, 9.17) is 5.84 Å². The number of halogens is 1. The second kappa shape index (κ2) is 5.25. The smallest absolute Gasteiger partial charge is 0.213 e. The number of aromatic nitrogens is 1. The van der Waals surface area contributed by atoms with Gasteiger partial charge in [0, 0.05) is 5.69 Å². The van der Waals surface area contributed by atoms with Gasteiger partial charge >= 0.3 is 0 Å². The van der Waals surface area contributed by atoms with Crippen molar-refractivity contribution < 1.29 is 0 Å². The Morgan fingerprint density at radius 3 is 2.33 bits per heavy atom. The van der Waals surface area contributed by atoms with Crippen molar-refractivity contribution in [2.24, 2.45) is 10.9 Å². The zero-order valence-electron chi connectivity index (χ0n) is 9.48. The van der Waals surface area contributed by atoms with Crippen LogP contribution in [0.1, 0.15) is 0 Å². The van der Waals surface area contributed by atoms with E-state index in [1.807, 2.05) is 42.5 Å². The molecule has 3 nitrogen and oxygen atoms in total. The Kier molecular flexibility index (Phi) is 3.69. The minimum atomic E-state index is 0. The van der Waals surface area contributed by atoms with Gasteiger partial charge < -0.3 is 5.84 Å². The Morgan fingerprint density at radius 1 is 0.944 bits per heavy atom. The molecule has 0 aliphatic heterocycles. The van der Waals surface area contributed by atoms with Crippen molar-refractivity contribution in [3.05, 3.63) is 59.4 Å². The second-order valence-corrected chi connectivity index (χ2v) is 4.66. The third-order valence-electron chi connectivity index (χ3n) is 2.62. The molecule has 1 heterocycles. The third kappa shape index (κ3) is 2.00. The van der Waals surface area contributed by atoms with Crippen molar-refractivity contribution >= 4 is 34.0 Å². The highest BCUT2D eigenvalue weighted by atomic mass is 35.5. The van der Waals surface area contributed by atoms with Crippen LogP contribution in [0.15, 0.2) is 59.7 Å². The summed E-state index contributed by atoms with van der Waals surface area (Å²) in [6, 6.07) is 18.3. The zero-order valence-corrected chi connectivity index (χ0v) is 11.1. The molecule has 0 aliphatic carbocycles. The van der Waals surface area contributed by atoms with Crippen LogP contribution in [0.2, 0.25) is 0 Å². The van der Waals surface area contributed by atoms with Gasteiger partial charge in [0.05, 0.1) is 10.2 Å². The summed E-state index contributed by atoms with van der Waals surface area (Å²) in [5.41, 5.74) is 2.21. The molecule has 18 heavy (non-hydrogen) atoms. The Morgan fingerprint density at radius 2 is 1.61 bits per heavy atom. The Balaban J connectivity index is 0.00000120. The van der Waals surface area contributed by atoms with E-state index in [-0.39, 0.29) is 12.4 Å². The summed E-state index contributed by atoms with van der Waals surface area (Å²) in [7, 11) is 0. The maximum atomic E-state index is 5.47. The van der Waals surface area contributed by atoms with Crippen LogP contribution in [-0.2, 0) is 0 Å². The number of fused-ring (bicyclic) bond motifs is 1. The lowest BCUT2D eigenvalue weighted by Crippen LogP contribution is -2.14. The van der Waals surface area contributed by atoms with E-state index in [9.17, 15) is 0 Å². The number of thiazole rings is 1. The summed E-state index contributed by atoms with van der Waals surface area (Å²) in [5, 5.41) is 3.87. The molecule has 0 saturated carbocycles. The van der Waals surface area contributed by atoms with Crippen LogP contribution < -0.4 is 10.6 Å². The number of hydrogen-bond donors (Lipinski definition) is 1. The molecule has 0 spiro atoms. The summed E-state index contributed by atoms with van der Waals surface area (Å²) < 4.78 is 3.25. The molecular weight excluding hydrogens is 266 g/mol. The number of nitrogens with zero attached hydrogens (tertiary/aromatic N) is 2. The van der Waals surface area contributed by atoms with Gasteiger partial charge in [0.25, 0.3) is 0 Å². The summed E-state index contributed by atoms with van der Waals surface area (Å²) in [6.45, 7) is 0. The van der Waals surface area contributed by atoms with Gasteiger partial charge in [-0.25, -0.2) is 0 Å². The Labute approximate surface area is 115 Å². The van der Waals surface area contributed by atoms with E-state index in [0.29, 0.717) is 0 Å². The fourth-order valence-corrected chi connectivity index (χ4v) is 2.84. The Bertz CT molecular complexity index is 716. The lowest BCUT2D eigenvalue weighted by Gasteiger charge is -2.03. The van der Waals surface area contributed by atoms with Crippen LogP contribution in [0.3, 0.4) is 0 Å². The molecule has 0 atom stereocenters. The molecule has 3 rings (SSSR count). The van der Waals surface area contributed by atoms with Gasteiger partial charge in [0.1, 0.15) is 0 Å². The number of nitrogens with two attached hydrogens (primary N) is 1. The van der Waals surface area contributed by atoms with E-state index in [2.05, 4.69) is 21.8 Å². The van der Waals surface area contributed by atoms with Gasteiger partial charge in [0.15, 0.2) is 0 Å². The molecule has 0 bridgehead atoms. The lowest BCUT2D eigenvalue weighted by molar-refractivity contribution is 0.994. The van der Waals surface area contributed by atoms with Gasteiger partial charge in [-0.2, -0.15) is 5.10 Å². The fourth-order valence-electron chi connectivity index (χ4n) is 1.89. The average Bonchev–Trinajstić information content (AvgIpc) is 2.78. The molecule has 92 valence electrons. The average molecular weight is 278 g/mol. The first-order valence-electron chi connectivity index (χ1n) is 5.30. The van der Waals surface area contributed by atoms with Crippen LogP contribution in [0.5, 0.6) is 0 Å². The first-order chi connectivity index (χ1) is 8.40. The molecule has 5 heteroatoms. The van der Waals surface area contributed by atoms with Crippen molar-refractivity contribution in [1.29, 1.82) is 0 Å². The van der Waals surface area contributed by atoms with Crippen LogP contribution in [0.25, 0.3) is 15.9 Å². The highest BCUT2D eigenvalue weighted by Gasteiger charge is 2.06.